The van der Waals surface area contributed by atoms with Gasteiger partial charge in [-0.25, -0.2) is 0 Å². The summed E-state index contributed by atoms with van der Waals surface area (Å²) >= 11 is 0. The highest BCUT2D eigenvalue weighted by molar-refractivity contribution is 5.85. The number of hydrogen-bond acceptors (Lipinski definition) is 5. The number of benzene rings is 1. The van der Waals surface area contributed by atoms with Crippen molar-refractivity contribution < 1.29 is 23.1 Å². The van der Waals surface area contributed by atoms with Crippen molar-refractivity contribution in [2.75, 3.05) is 18.0 Å². The summed E-state index contributed by atoms with van der Waals surface area (Å²) < 4.78 is 39.0. The number of hydrogen-bond donors (Lipinski definition) is 1. The van der Waals surface area contributed by atoms with Gasteiger partial charge in [-0.2, -0.15) is 13.2 Å². The fourth-order valence-electron chi connectivity index (χ4n) is 2.12. The second kappa shape index (κ2) is 5.20. The number of anilines is 1. The van der Waals surface area contributed by atoms with Gasteiger partial charge in [0, 0.05) is 18.7 Å². The Balaban J connectivity index is 2.41. The molecule has 1 atom stereocenters. The third kappa shape index (κ3) is 2.79. The SMILES string of the molecule is O=Nc1ccc(N2CCC(=O)C(O)C2)c(C(F)(F)F)c1. The minimum atomic E-state index is -4.65. The van der Waals surface area contributed by atoms with Crippen LogP contribution in [0, 0.1) is 4.91 Å². The zero-order valence-electron chi connectivity index (χ0n) is 10.2. The number of carbonyl (C=O) groups excluding carboxylic acids is 1. The number of nitroso groups, excluding NO2 is 1. The van der Waals surface area contributed by atoms with Crippen molar-refractivity contribution in [2.24, 2.45) is 5.18 Å². The smallest absolute Gasteiger partial charge is 0.383 e. The Morgan fingerprint density at radius 2 is 2.05 bits per heavy atom. The first kappa shape index (κ1) is 14.4. The van der Waals surface area contributed by atoms with Crippen molar-refractivity contribution in [3.8, 4) is 0 Å². The molecule has 1 N–H and O–H groups in total. The highest BCUT2D eigenvalue weighted by atomic mass is 19.4. The van der Waals surface area contributed by atoms with E-state index < -0.39 is 17.8 Å². The van der Waals surface area contributed by atoms with Crippen molar-refractivity contribution in [1.82, 2.24) is 0 Å². The average Bonchev–Trinajstić information content (AvgIpc) is 2.40. The van der Waals surface area contributed by atoms with Gasteiger partial charge in [0.15, 0.2) is 5.78 Å². The minimum Gasteiger partial charge on any atom is -0.383 e. The summed E-state index contributed by atoms with van der Waals surface area (Å²) in [6, 6.07) is 2.95. The van der Waals surface area contributed by atoms with E-state index in [2.05, 4.69) is 5.18 Å². The van der Waals surface area contributed by atoms with Gasteiger partial charge < -0.3 is 10.0 Å². The molecule has 0 aromatic heterocycles. The fourth-order valence-corrected chi connectivity index (χ4v) is 2.12. The van der Waals surface area contributed by atoms with E-state index in [4.69, 9.17) is 0 Å². The molecule has 1 heterocycles. The van der Waals surface area contributed by atoms with Gasteiger partial charge in [-0.3, -0.25) is 4.79 Å². The summed E-state index contributed by atoms with van der Waals surface area (Å²) in [7, 11) is 0. The summed E-state index contributed by atoms with van der Waals surface area (Å²) in [5.41, 5.74) is -1.50. The second-order valence-corrected chi connectivity index (χ2v) is 4.47. The molecule has 20 heavy (non-hydrogen) atoms. The molecule has 1 fully saturated rings. The molecule has 1 aliphatic rings. The highest BCUT2D eigenvalue weighted by Crippen LogP contribution is 2.39. The van der Waals surface area contributed by atoms with Crippen LogP contribution in [0.15, 0.2) is 23.4 Å². The molecule has 0 spiro atoms. The minimum absolute atomic E-state index is 0.0217. The summed E-state index contributed by atoms with van der Waals surface area (Å²) in [5, 5.41) is 11.9. The van der Waals surface area contributed by atoms with Crippen LogP contribution < -0.4 is 4.90 Å². The van der Waals surface area contributed by atoms with Gasteiger partial charge in [0.05, 0.1) is 12.1 Å². The number of piperidine rings is 1. The van der Waals surface area contributed by atoms with Crippen molar-refractivity contribution in [3.05, 3.63) is 28.7 Å². The van der Waals surface area contributed by atoms with Crippen molar-refractivity contribution >= 4 is 17.2 Å². The maximum atomic E-state index is 13.0. The Morgan fingerprint density at radius 1 is 1.35 bits per heavy atom. The van der Waals surface area contributed by atoms with E-state index in [1.807, 2.05) is 0 Å². The van der Waals surface area contributed by atoms with Gasteiger partial charge in [0.2, 0.25) is 0 Å². The monoisotopic (exact) mass is 288 g/mol. The van der Waals surface area contributed by atoms with Crippen molar-refractivity contribution in [1.29, 1.82) is 0 Å². The Hall–Kier alpha value is -1.96. The highest BCUT2D eigenvalue weighted by Gasteiger charge is 2.37. The lowest BCUT2D eigenvalue weighted by Gasteiger charge is -2.32. The van der Waals surface area contributed by atoms with Gasteiger partial charge in [-0.1, -0.05) is 0 Å². The van der Waals surface area contributed by atoms with E-state index in [-0.39, 0.29) is 36.7 Å². The van der Waals surface area contributed by atoms with E-state index >= 15 is 0 Å². The van der Waals surface area contributed by atoms with Crippen LogP contribution >= 0.6 is 0 Å². The Morgan fingerprint density at radius 3 is 2.60 bits per heavy atom. The number of rotatable bonds is 2. The Kier molecular flexibility index (Phi) is 3.76. The molecule has 1 unspecified atom stereocenters. The van der Waals surface area contributed by atoms with Crippen molar-refractivity contribution in [2.45, 2.75) is 18.7 Å². The van der Waals surface area contributed by atoms with E-state index in [0.29, 0.717) is 6.07 Å². The predicted molar refractivity (Wildman–Crippen MR) is 64.7 cm³/mol. The van der Waals surface area contributed by atoms with E-state index in [0.717, 1.165) is 6.07 Å². The molecule has 2 rings (SSSR count). The third-order valence-corrected chi connectivity index (χ3v) is 3.12. The van der Waals surface area contributed by atoms with E-state index in [9.17, 15) is 28.0 Å². The number of aliphatic hydroxyl groups excluding tert-OH is 1. The second-order valence-electron chi connectivity index (χ2n) is 4.47. The Labute approximate surface area is 112 Å². The number of ketones is 1. The van der Waals surface area contributed by atoms with E-state index in [1.165, 1.54) is 11.0 Å². The topological polar surface area (TPSA) is 70.0 Å². The van der Waals surface area contributed by atoms with Crippen LogP contribution in [0.3, 0.4) is 0 Å². The molecule has 0 aliphatic carbocycles. The molecule has 8 heteroatoms. The molecule has 1 aromatic rings. The molecule has 0 radical (unpaired) electrons. The number of halogens is 3. The van der Waals surface area contributed by atoms with Crippen LogP contribution in [-0.4, -0.2) is 30.1 Å². The van der Waals surface area contributed by atoms with Gasteiger partial charge in [0.1, 0.15) is 11.8 Å². The molecule has 5 nitrogen and oxygen atoms in total. The predicted octanol–water partition coefficient (Wildman–Crippen LogP) is 2.24. The van der Waals surface area contributed by atoms with Crippen LogP contribution in [0.1, 0.15) is 12.0 Å². The van der Waals surface area contributed by atoms with Gasteiger partial charge in [0.25, 0.3) is 0 Å². The number of Topliss-reactive ketones (excluding diaryl/α,β-unsaturated/α-hetero) is 1. The third-order valence-electron chi connectivity index (χ3n) is 3.12. The molecule has 108 valence electrons. The summed E-state index contributed by atoms with van der Waals surface area (Å²) in [6.45, 7) is -0.109. The molecule has 1 aromatic carbocycles. The quantitative estimate of drug-likeness (QED) is 0.847. The van der Waals surface area contributed by atoms with Gasteiger partial charge >= 0.3 is 6.18 Å². The first-order valence-corrected chi connectivity index (χ1v) is 5.83. The number of β-amino-alcohol motifs (C(OH)–C–C–N with tert-alkyl or cyclic N) is 1. The maximum absolute atomic E-state index is 13.0. The van der Waals surface area contributed by atoms with Crippen LogP contribution in [0.4, 0.5) is 24.5 Å². The Bertz CT molecular complexity index is 545. The lowest BCUT2D eigenvalue weighted by molar-refractivity contribution is -0.137. The molecule has 0 amide bonds. The van der Waals surface area contributed by atoms with Gasteiger partial charge in [-0.05, 0) is 23.4 Å². The number of nitrogens with zero attached hydrogens (tertiary/aromatic N) is 2. The van der Waals surface area contributed by atoms with E-state index in [1.54, 1.807) is 0 Å². The molecule has 0 bridgehead atoms. The normalized spacial score (nSPS) is 20.1. The first-order chi connectivity index (χ1) is 9.32. The molecule has 0 saturated carbocycles. The summed E-state index contributed by atoms with van der Waals surface area (Å²) in [5.74, 6) is -0.388. The average molecular weight is 288 g/mol. The van der Waals surface area contributed by atoms with Crippen molar-refractivity contribution in [3.63, 3.8) is 0 Å². The standard InChI is InChI=1S/C12H11F3N2O3/c13-12(14,15)8-5-7(16-20)1-2-9(8)17-4-3-10(18)11(19)6-17/h1-2,5,11,19H,3-4,6H2. The molecular formula is C12H11F3N2O3. The number of alkyl halides is 3. The largest absolute Gasteiger partial charge is 0.418 e. The molecule has 1 aliphatic heterocycles. The molecular weight excluding hydrogens is 277 g/mol. The lowest BCUT2D eigenvalue weighted by Crippen LogP contribution is -2.44. The zero-order valence-corrected chi connectivity index (χ0v) is 10.2. The lowest BCUT2D eigenvalue weighted by atomic mass is 10.0. The van der Waals surface area contributed by atoms with Crippen LogP contribution in [0.25, 0.3) is 0 Å². The summed E-state index contributed by atoms with van der Waals surface area (Å²) in [4.78, 5) is 22.8. The van der Waals surface area contributed by atoms with Crippen LogP contribution in [-0.2, 0) is 11.0 Å². The molecule has 1 saturated heterocycles. The van der Waals surface area contributed by atoms with Crippen LogP contribution in [0.5, 0.6) is 0 Å². The number of aliphatic hydroxyl groups is 1. The number of carbonyl (C=O) groups is 1. The van der Waals surface area contributed by atoms with Gasteiger partial charge in [-0.15, -0.1) is 4.91 Å². The fraction of sp³-hybridized carbons (Fsp3) is 0.417. The van der Waals surface area contributed by atoms with Crippen LogP contribution in [0.2, 0.25) is 0 Å². The first-order valence-electron chi connectivity index (χ1n) is 5.83. The summed E-state index contributed by atoms with van der Waals surface area (Å²) in [6.07, 6.45) is -5.97. The maximum Gasteiger partial charge on any atom is 0.418 e. The zero-order chi connectivity index (χ0) is 14.9.